The molecule has 0 spiro atoms. The van der Waals surface area contributed by atoms with Crippen LogP contribution in [0.2, 0.25) is 15.1 Å². The average Bonchev–Trinajstić information content (AvgIpc) is 3.02. The quantitative estimate of drug-likeness (QED) is 0.235. The fourth-order valence-corrected chi connectivity index (χ4v) is 4.66. The number of amides is 2. The molecule has 0 radical (unpaired) electrons. The third-order valence-corrected chi connectivity index (χ3v) is 6.79. The summed E-state index contributed by atoms with van der Waals surface area (Å²) in [5, 5.41) is 10.3. The molecule has 8 nitrogen and oxygen atoms in total. The molecule has 1 aliphatic heterocycles. The summed E-state index contributed by atoms with van der Waals surface area (Å²) in [4.78, 5) is 36.2. The van der Waals surface area contributed by atoms with E-state index in [-0.39, 0.29) is 35.8 Å². The molecule has 2 aromatic rings. The minimum absolute atomic E-state index is 0.0835. The number of carboxylic acids is 1. The van der Waals surface area contributed by atoms with E-state index in [4.69, 9.17) is 61.6 Å². The summed E-state index contributed by atoms with van der Waals surface area (Å²) in [6.45, 7) is -1.03. The number of carbonyl (C=O) groups excluding carboxylic acids is 2. The van der Waals surface area contributed by atoms with E-state index in [2.05, 4.69) is 21.4 Å². The molecule has 2 N–H and O–H groups in total. The zero-order chi connectivity index (χ0) is 25.0. The molecule has 34 heavy (non-hydrogen) atoms. The van der Waals surface area contributed by atoms with Crippen LogP contribution in [0.25, 0.3) is 6.08 Å². The van der Waals surface area contributed by atoms with Crippen molar-refractivity contribution in [2.24, 2.45) is 0 Å². The maximum absolute atomic E-state index is 12.8. The second kappa shape index (κ2) is 11.6. The molecule has 3 rings (SSSR count). The molecule has 2 aromatic carbocycles. The van der Waals surface area contributed by atoms with Crippen LogP contribution in [0.4, 0.5) is 0 Å². The van der Waals surface area contributed by atoms with Crippen LogP contribution >= 0.6 is 74.7 Å². The van der Waals surface area contributed by atoms with Crippen molar-refractivity contribution in [3.63, 3.8) is 0 Å². The molecule has 178 valence electrons. The molecule has 14 heteroatoms. The van der Waals surface area contributed by atoms with E-state index in [9.17, 15) is 14.4 Å². The maximum atomic E-state index is 12.8. The van der Waals surface area contributed by atoms with Crippen molar-refractivity contribution in [1.29, 1.82) is 0 Å². The largest absolute Gasteiger partial charge is 0.482 e. The van der Waals surface area contributed by atoms with Gasteiger partial charge in [-0.25, -0.2) is 4.79 Å². The predicted molar refractivity (Wildman–Crippen MR) is 137 cm³/mol. The van der Waals surface area contributed by atoms with Crippen molar-refractivity contribution in [2.75, 3.05) is 13.2 Å². The van der Waals surface area contributed by atoms with Crippen molar-refractivity contribution in [3.05, 3.63) is 60.3 Å². The Labute approximate surface area is 226 Å². The Bertz CT molecular complexity index is 1230. The fraction of sp³-hybridized carbons (Fsp3) is 0.100. The van der Waals surface area contributed by atoms with Crippen molar-refractivity contribution >= 4 is 103 Å². The summed E-state index contributed by atoms with van der Waals surface area (Å²) in [5.74, 6) is -2.01. The summed E-state index contributed by atoms with van der Waals surface area (Å²) in [5.41, 5.74) is 2.82. The Morgan fingerprint density at radius 2 is 1.76 bits per heavy atom. The molecule has 0 aromatic heterocycles. The lowest BCUT2D eigenvalue weighted by Gasteiger charge is -2.16. The van der Waals surface area contributed by atoms with E-state index in [0.717, 1.165) is 16.8 Å². The van der Waals surface area contributed by atoms with E-state index in [1.54, 1.807) is 18.2 Å². The molecule has 1 fully saturated rings. The zero-order valence-corrected chi connectivity index (χ0v) is 22.1. The minimum Gasteiger partial charge on any atom is -0.482 e. The first-order chi connectivity index (χ1) is 16.0. The molecule has 0 bridgehead atoms. The molecule has 0 unspecified atom stereocenters. The van der Waals surface area contributed by atoms with Crippen LogP contribution in [0.1, 0.15) is 5.56 Å². The Hall–Kier alpha value is -2.02. The SMILES string of the molecule is O=C(O)COc1ccc(Br)cc1/C=C1\SC(=S)N(NC(=O)COc2cc(Cl)c(Cl)cc2Cl)C1=O. The van der Waals surface area contributed by atoms with Gasteiger partial charge in [0.15, 0.2) is 17.5 Å². The highest BCUT2D eigenvalue weighted by molar-refractivity contribution is 9.10. The van der Waals surface area contributed by atoms with Crippen LogP contribution in [0.3, 0.4) is 0 Å². The lowest BCUT2D eigenvalue weighted by molar-refractivity contribution is -0.139. The Morgan fingerprint density at radius 1 is 1.09 bits per heavy atom. The minimum atomic E-state index is -1.15. The van der Waals surface area contributed by atoms with Gasteiger partial charge in [-0.3, -0.25) is 15.0 Å². The van der Waals surface area contributed by atoms with Gasteiger partial charge in [0, 0.05) is 16.1 Å². The molecule has 1 heterocycles. The number of aliphatic carboxylic acids is 1. The van der Waals surface area contributed by atoms with E-state index in [0.29, 0.717) is 10.0 Å². The van der Waals surface area contributed by atoms with Gasteiger partial charge in [0.2, 0.25) is 0 Å². The first-order valence-corrected chi connectivity index (χ1v) is 12.2. The molecule has 0 atom stereocenters. The van der Waals surface area contributed by atoms with Gasteiger partial charge >= 0.3 is 5.97 Å². The van der Waals surface area contributed by atoms with Crippen LogP contribution in [0, 0.1) is 0 Å². The van der Waals surface area contributed by atoms with Crippen molar-refractivity contribution in [3.8, 4) is 11.5 Å². The summed E-state index contributed by atoms with van der Waals surface area (Å²) < 4.78 is 11.4. The van der Waals surface area contributed by atoms with Gasteiger partial charge in [0.1, 0.15) is 11.5 Å². The van der Waals surface area contributed by atoms with Gasteiger partial charge in [-0.1, -0.05) is 62.5 Å². The Kier molecular flexibility index (Phi) is 9.07. The van der Waals surface area contributed by atoms with Crippen molar-refractivity contribution in [2.45, 2.75) is 0 Å². The number of thioether (sulfide) groups is 1. The number of hydrogen-bond donors (Lipinski definition) is 2. The second-order valence-electron chi connectivity index (χ2n) is 6.40. The topological polar surface area (TPSA) is 105 Å². The predicted octanol–water partition coefficient (Wildman–Crippen LogP) is 5.18. The fourth-order valence-electron chi connectivity index (χ4n) is 2.52. The number of nitrogens with zero attached hydrogens (tertiary/aromatic N) is 1. The van der Waals surface area contributed by atoms with Crippen molar-refractivity contribution < 1.29 is 29.0 Å². The molecule has 1 saturated heterocycles. The first kappa shape index (κ1) is 26.6. The smallest absolute Gasteiger partial charge is 0.341 e. The van der Waals surface area contributed by atoms with Gasteiger partial charge < -0.3 is 14.6 Å². The average molecular weight is 627 g/mol. The second-order valence-corrected chi connectivity index (χ2v) is 10.2. The van der Waals surface area contributed by atoms with Crippen LogP contribution in [-0.4, -0.2) is 45.4 Å². The number of thiocarbonyl (C=S) groups is 1. The first-order valence-electron chi connectivity index (χ1n) is 9.04. The van der Waals surface area contributed by atoms with Crippen LogP contribution < -0.4 is 14.9 Å². The van der Waals surface area contributed by atoms with Gasteiger partial charge in [0.25, 0.3) is 11.8 Å². The van der Waals surface area contributed by atoms with Crippen LogP contribution in [-0.2, 0) is 14.4 Å². The van der Waals surface area contributed by atoms with E-state index in [1.165, 1.54) is 18.2 Å². The number of nitrogens with one attached hydrogen (secondary N) is 1. The highest BCUT2D eigenvalue weighted by atomic mass is 79.9. The van der Waals surface area contributed by atoms with E-state index < -0.39 is 31.0 Å². The molecular formula is C20H12BrCl3N2O6S2. The number of benzene rings is 2. The number of rotatable bonds is 8. The number of carbonyl (C=O) groups is 3. The lowest BCUT2D eigenvalue weighted by Crippen LogP contribution is -2.46. The standard InChI is InChI=1S/C20H12BrCl3N2O6S2/c21-10-1-2-14(32-8-18(28)29)9(3-10)4-16-19(30)26(20(33)34-16)25-17(27)7-31-15-6-12(23)11(22)5-13(15)24/h1-6H,7-8H2,(H,25,27)(H,28,29)/b16-4-. The molecule has 0 saturated carbocycles. The van der Waals surface area contributed by atoms with Crippen molar-refractivity contribution in [1.82, 2.24) is 10.4 Å². The van der Waals surface area contributed by atoms with Crippen LogP contribution in [0.15, 0.2) is 39.7 Å². The monoisotopic (exact) mass is 624 g/mol. The summed E-state index contributed by atoms with van der Waals surface area (Å²) >= 11 is 27.3. The van der Waals surface area contributed by atoms with Gasteiger partial charge in [-0.2, -0.15) is 5.01 Å². The lowest BCUT2D eigenvalue weighted by atomic mass is 10.2. The van der Waals surface area contributed by atoms with Gasteiger partial charge in [-0.05, 0) is 42.6 Å². The van der Waals surface area contributed by atoms with E-state index >= 15 is 0 Å². The number of carboxylic acid groups (broad SMARTS) is 1. The Morgan fingerprint density at radius 3 is 2.47 bits per heavy atom. The molecule has 0 aliphatic carbocycles. The molecule has 2 amide bonds. The van der Waals surface area contributed by atoms with E-state index in [1.807, 2.05) is 0 Å². The summed E-state index contributed by atoms with van der Waals surface area (Å²) in [6.07, 6.45) is 1.49. The molecule has 1 aliphatic rings. The van der Waals surface area contributed by atoms with Gasteiger partial charge in [-0.15, -0.1) is 0 Å². The third-order valence-electron chi connectivity index (χ3n) is 3.97. The highest BCUT2D eigenvalue weighted by Gasteiger charge is 2.34. The number of hydrogen-bond acceptors (Lipinski definition) is 7. The molecular weight excluding hydrogens is 615 g/mol. The Balaban J connectivity index is 1.70. The number of ether oxygens (including phenoxy) is 2. The van der Waals surface area contributed by atoms with Crippen LogP contribution in [0.5, 0.6) is 11.5 Å². The number of halogens is 4. The van der Waals surface area contributed by atoms with Gasteiger partial charge in [0.05, 0.1) is 20.0 Å². The summed E-state index contributed by atoms with van der Waals surface area (Å²) in [6, 6.07) is 7.62. The maximum Gasteiger partial charge on any atom is 0.341 e. The summed E-state index contributed by atoms with van der Waals surface area (Å²) in [7, 11) is 0. The zero-order valence-electron chi connectivity index (χ0n) is 16.6. The normalized spacial score (nSPS) is 14.5. The number of hydrazine groups is 1. The third kappa shape index (κ3) is 6.77. The highest BCUT2D eigenvalue weighted by Crippen LogP contribution is 2.35.